The molecule has 0 aromatic carbocycles. The fourth-order valence-electron chi connectivity index (χ4n) is 3.07. The summed E-state index contributed by atoms with van der Waals surface area (Å²) in [6, 6.07) is -0.603. The van der Waals surface area contributed by atoms with Gasteiger partial charge in [0.05, 0.1) is 0 Å². The summed E-state index contributed by atoms with van der Waals surface area (Å²) in [6.07, 6.45) is 8.26. The SMILES string of the molecule is N[C@H]1C(=O)N2C(C(=O)O)=C(CN3C=CN4N=CCC=C34)CS[C@@H]12. The number of fused-ring (bicyclic) bond motifs is 2. The summed E-state index contributed by atoms with van der Waals surface area (Å²) >= 11 is 1.51. The maximum absolute atomic E-state index is 11.9. The van der Waals surface area contributed by atoms with Crippen molar-refractivity contribution in [2.24, 2.45) is 10.8 Å². The first kappa shape index (κ1) is 14.3. The first-order valence-corrected chi connectivity index (χ1v) is 8.25. The molecular weight excluding hydrogens is 318 g/mol. The van der Waals surface area contributed by atoms with Crippen molar-refractivity contribution in [1.82, 2.24) is 14.8 Å². The van der Waals surface area contributed by atoms with Gasteiger partial charge in [0.25, 0.3) is 0 Å². The van der Waals surface area contributed by atoms with E-state index in [0.29, 0.717) is 17.9 Å². The highest BCUT2D eigenvalue weighted by Gasteiger charge is 2.51. The van der Waals surface area contributed by atoms with E-state index in [4.69, 9.17) is 5.73 Å². The molecule has 4 heterocycles. The molecule has 2 atom stereocenters. The predicted octanol–water partition coefficient (Wildman–Crippen LogP) is -0.113. The molecule has 0 radical (unpaired) electrons. The Hall–Kier alpha value is -2.26. The third kappa shape index (κ3) is 2.07. The van der Waals surface area contributed by atoms with Gasteiger partial charge in [0.15, 0.2) is 0 Å². The van der Waals surface area contributed by atoms with Crippen LogP contribution in [-0.4, -0.2) is 61.7 Å². The summed E-state index contributed by atoms with van der Waals surface area (Å²) in [6.45, 7) is 0.411. The number of allylic oxidation sites excluding steroid dienone is 1. The summed E-state index contributed by atoms with van der Waals surface area (Å²) in [4.78, 5) is 26.9. The van der Waals surface area contributed by atoms with Gasteiger partial charge >= 0.3 is 5.97 Å². The Bertz CT molecular complexity index is 713. The van der Waals surface area contributed by atoms with Crippen LogP contribution in [0.3, 0.4) is 0 Å². The van der Waals surface area contributed by atoms with Crippen LogP contribution in [0.15, 0.2) is 40.7 Å². The Morgan fingerprint density at radius 2 is 2.30 bits per heavy atom. The Labute approximate surface area is 136 Å². The van der Waals surface area contributed by atoms with Gasteiger partial charge < -0.3 is 15.7 Å². The van der Waals surface area contributed by atoms with Gasteiger partial charge in [-0.15, -0.1) is 11.8 Å². The van der Waals surface area contributed by atoms with E-state index in [-0.39, 0.29) is 17.0 Å². The zero-order valence-corrected chi connectivity index (χ0v) is 12.9. The minimum atomic E-state index is -1.08. The lowest BCUT2D eigenvalue weighted by Crippen LogP contribution is -2.68. The molecule has 0 bridgehead atoms. The molecule has 9 heteroatoms. The number of rotatable bonds is 3. The molecule has 0 aromatic heterocycles. The third-order valence-electron chi connectivity index (χ3n) is 4.18. The van der Waals surface area contributed by atoms with Crippen molar-refractivity contribution in [1.29, 1.82) is 0 Å². The van der Waals surface area contributed by atoms with Gasteiger partial charge in [-0.3, -0.25) is 9.69 Å². The lowest BCUT2D eigenvalue weighted by molar-refractivity contribution is -0.148. The number of β-lactam (4-membered cyclic amide) rings is 1. The van der Waals surface area contributed by atoms with Gasteiger partial charge in [-0.2, -0.15) is 5.10 Å². The fraction of sp³-hybridized carbons (Fsp3) is 0.357. The summed E-state index contributed by atoms with van der Waals surface area (Å²) in [5, 5.41) is 15.3. The number of hydrogen-bond acceptors (Lipinski definition) is 7. The van der Waals surface area contributed by atoms with E-state index in [1.807, 2.05) is 23.4 Å². The van der Waals surface area contributed by atoms with Crippen molar-refractivity contribution in [2.45, 2.75) is 17.8 Å². The number of amides is 1. The number of nitrogens with two attached hydrogens (primary N) is 1. The lowest BCUT2D eigenvalue weighted by atomic mass is 10.0. The van der Waals surface area contributed by atoms with Crippen LogP contribution in [0.25, 0.3) is 0 Å². The molecule has 4 aliphatic heterocycles. The highest BCUT2D eigenvalue weighted by atomic mass is 32.2. The molecule has 0 spiro atoms. The number of carboxylic acid groups (broad SMARTS) is 1. The fourth-order valence-corrected chi connectivity index (χ4v) is 4.35. The zero-order valence-electron chi connectivity index (χ0n) is 12.1. The van der Waals surface area contributed by atoms with Crippen LogP contribution in [0.5, 0.6) is 0 Å². The average Bonchev–Trinajstić information content (AvgIpc) is 2.96. The van der Waals surface area contributed by atoms with Crippen LogP contribution >= 0.6 is 11.8 Å². The number of nitrogens with zero attached hydrogens (tertiary/aromatic N) is 4. The van der Waals surface area contributed by atoms with Crippen molar-refractivity contribution in [3.8, 4) is 0 Å². The van der Waals surface area contributed by atoms with E-state index in [1.54, 1.807) is 11.2 Å². The lowest BCUT2D eigenvalue weighted by Gasteiger charge is -2.48. The second-order valence-electron chi connectivity index (χ2n) is 5.56. The van der Waals surface area contributed by atoms with E-state index in [9.17, 15) is 14.7 Å². The molecular formula is C14H15N5O3S. The van der Waals surface area contributed by atoms with Crippen molar-refractivity contribution < 1.29 is 14.7 Å². The quantitative estimate of drug-likeness (QED) is 0.695. The van der Waals surface area contributed by atoms with Gasteiger partial charge in [0.2, 0.25) is 5.91 Å². The summed E-state index contributed by atoms with van der Waals surface area (Å²) in [7, 11) is 0. The molecule has 0 unspecified atom stereocenters. The van der Waals surface area contributed by atoms with Crippen LogP contribution in [0.1, 0.15) is 6.42 Å². The number of carboxylic acids is 1. The van der Waals surface area contributed by atoms with E-state index in [1.165, 1.54) is 16.7 Å². The van der Waals surface area contributed by atoms with Crippen molar-refractivity contribution in [3.05, 3.63) is 35.6 Å². The Morgan fingerprint density at radius 1 is 1.48 bits per heavy atom. The van der Waals surface area contributed by atoms with E-state index < -0.39 is 12.0 Å². The van der Waals surface area contributed by atoms with Crippen LogP contribution in [0.4, 0.5) is 0 Å². The average molecular weight is 333 g/mol. The van der Waals surface area contributed by atoms with E-state index in [2.05, 4.69) is 5.10 Å². The first-order valence-electron chi connectivity index (χ1n) is 7.20. The minimum absolute atomic E-state index is 0.0761. The maximum Gasteiger partial charge on any atom is 0.352 e. The van der Waals surface area contributed by atoms with E-state index in [0.717, 1.165) is 12.2 Å². The number of thioether (sulfide) groups is 1. The molecule has 0 aromatic rings. The molecule has 120 valence electrons. The molecule has 23 heavy (non-hydrogen) atoms. The van der Waals surface area contributed by atoms with Gasteiger partial charge in [-0.25, -0.2) is 9.80 Å². The molecule has 1 amide bonds. The van der Waals surface area contributed by atoms with Crippen LogP contribution < -0.4 is 5.73 Å². The summed E-state index contributed by atoms with van der Waals surface area (Å²) in [5.41, 5.74) is 6.54. The highest BCUT2D eigenvalue weighted by molar-refractivity contribution is 8.00. The molecule has 1 fully saturated rings. The van der Waals surface area contributed by atoms with Crippen LogP contribution in [0, 0.1) is 0 Å². The molecule has 0 aliphatic carbocycles. The standard InChI is InChI=1S/C14H15N5O3S/c15-10-12(20)19-11(14(21)22)8(7-23-13(10)19)6-17-4-5-18-9(17)2-1-3-16-18/h2-5,10,13H,1,6-7,15H2,(H,21,22)/t10-,13-/m0/s1. The number of carbonyl (C=O) groups is 2. The third-order valence-corrected chi connectivity index (χ3v) is 5.54. The molecule has 0 saturated carbocycles. The number of hydrazone groups is 1. The predicted molar refractivity (Wildman–Crippen MR) is 84.6 cm³/mol. The Morgan fingerprint density at radius 3 is 3.09 bits per heavy atom. The van der Waals surface area contributed by atoms with Crippen molar-refractivity contribution in [2.75, 3.05) is 12.3 Å². The zero-order chi connectivity index (χ0) is 16.1. The largest absolute Gasteiger partial charge is 0.477 e. The second kappa shape index (κ2) is 5.14. The second-order valence-corrected chi connectivity index (χ2v) is 6.66. The molecule has 4 aliphatic rings. The van der Waals surface area contributed by atoms with Crippen LogP contribution in [-0.2, 0) is 9.59 Å². The molecule has 1 saturated heterocycles. The molecule has 8 nitrogen and oxygen atoms in total. The number of aliphatic carboxylic acids is 1. The monoisotopic (exact) mass is 333 g/mol. The van der Waals surface area contributed by atoms with Crippen LogP contribution in [0.2, 0.25) is 0 Å². The summed E-state index contributed by atoms with van der Waals surface area (Å²) in [5.74, 6) is 0.0481. The topological polar surface area (TPSA) is 102 Å². The Balaban J connectivity index is 1.62. The van der Waals surface area contributed by atoms with Crippen molar-refractivity contribution in [3.63, 3.8) is 0 Å². The van der Waals surface area contributed by atoms with E-state index >= 15 is 0 Å². The normalized spacial score (nSPS) is 28.7. The van der Waals surface area contributed by atoms with Gasteiger partial charge in [-0.05, 0) is 11.6 Å². The summed E-state index contributed by atoms with van der Waals surface area (Å²) < 4.78 is 0. The van der Waals surface area contributed by atoms with Gasteiger partial charge in [-0.1, -0.05) is 0 Å². The smallest absolute Gasteiger partial charge is 0.352 e. The molecule has 4 rings (SSSR count). The highest BCUT2D eigenvalue weighted by Crippen LogP contribution is 2.40. The number of hydrogen-bond donors (Lipinski definition) is 2. The minimum Gasteiger partial charge on any atom is -0.477 e. The first-order chi connectivity index (χ1) is 11.1. The Kier molecular flexibility index (Phi) is 3.20. The maximum atomic E-state index is 11.9. The van der Waals surface area contributed by atoms with Gasteiger partial charge in [0, 0.05) is 37.3 Å². The van der Waals surface area contributed by atoms with Gasteiger partial charge in [0.1, 0.15) is 22.9 Å². The number of carbonyl (C=O) groups excluding carboxylic acids is 1. The molecule has 3 N–H and O–H groups in total. The van der Waals surface area contributed by atoms with Crippen molar-refractivity contribution >= 4 is 29.9 Å².